The zero-order chi connectivity index (χ0) is 15.6. The zero-order valence-electron chi connectivity index (χ0n) is 13.2. The molecule has 0 nitrogen and oxygen atoms in total. The summed E-state index contributed by atoms with van der Waals surface area (Å²) in [6, 6.07) is 30.8. The molecular weight excluding hydrogens is 290 g/mol. The summed E-state index contributed by atoms with van der Waals surface area (Å²) in [4.78, 5) is 0. The van der Waals surface area contributed by atoms with Crippen LogP contribution in [-0.4, -0.2) is 17.7 Å². The van der Waals surface area contributed by atoms with Gasteiger partial charge in [0.25, 0.3) is 0 Å². The summed E-state index contributed by atoms with van der Waals surface area (Å²) >= 11 is 2.28. The third kappa shape index (κ3) is 2.84. The first-order valence-electron chi connectivity index (χ1n) is 8.01. The second-order valence-electron chi connectivity index (χ2n) is 5.96. The van der Waals surface area contributed by atoms with E-state index >= 15 is 0 Å². The van der Waals surface area contributed by atoms with Crippen LogP contribution in [0.5, 0.6) is 0 Å². The Labute approximate surface area is 148 Å². The summed E-state index contributed by atoms with van der Waals surface area (Å²) in [5.41, 5.74) is 3.34. The van der Waals surface area contributed by atoms with E-state index in [0.29, 0.717) is 5.66 Å². The van der Waals surface area contributed by atoms with Gasteiger partial charge >= 0.3 is 148 Å². The van der Waals surface area contributed by atoms with E-state index in [1.807, 2.05) is 0 Å². The molecule has 0 bridgehead atoms. The van der Waals surface area contributed by atoms with Crippen molar-refractivity contribution in [3.63, 3.8) is 0 Å². The molecular formula is C21H16LiP. The second-order valence-corrected chi connectivity index (χ2v) is 8.25. The van der Waals surface area contributed by atoms with Crippen molar-refractivity contribution in [1.82, 2.24) is 0 Å². The average Bonchev–Trinajstić information content (AvgIpc) is 2.94. The van der Waals surface area contributed by atoms with Crippen LogP contribution in [0.25, 0.3) is 6.08 Å². The molecule has 0 radical (unpaired) electrons. The van der Waals surface area contributed by atoms with E-state index in [4.69, 9.17) is 0 Å². The molecule has 2 heteroatoms. The minimum absolute atomic E-state index is 0.446. The molecule has 0 saturated carbocycles. The van der Waals surface area contributed by atoms with Crippen molar-refractivity contribution in [2.24, 2.45) is 0 Å². The summed E-state index contributed by atoms with van der Waals surface area (Å²) in [6.07, 6.45) is 2.36. The van der Waals surface area contributed by atoms with Crippen molar-refractivity contribution in [3.8, 4) is 0 Å². The molecule has 106 valence electrons. The molecule has 1 aliphatic rings. The van der Waals surface area contributed by atoms with Crippen LogP contribution in [0.2, 0.25) is 0 Å². The third-order valence-corrected chi connectivity index (χ3v) is 7.34. The Bertz CT molecular complexity index is 800. The van der Waals surface area contributed by atoms with E-state index < -0.39 is 7.92 Å². The van der Waals surface area contributed by atoms with Crippen molar-refractivity contribution in [3.05, 3.63) is 100 Å². The average molecular weight is 306 g/mol. The van der Waals surface area contributed by atoms with Crippen molar-refractivity contribution >= 4 is 42.3 Å². The van der Waals surface area contributed by atoms with Crippen LogP contribution >= 0.6 is 7.92 Å². The molecule has 1 aliphatic carbocycles. The van der Waals surface area contributed by atoms with Crippen LogP contribution in [0, 0.1) is 0 Å². The SMILES string of the molecule is [Li][C]1=Cc2ccccc2C1P(c1ccccc1)c1ccccc1. The minimum atomic E-state index is -0.446. The molecule has 0 heterocycles. The van der Waals surface area contributed by atoms with Crippen LogP contribution < -0.4 is 10.6 Å². The van der Waals surface area contributed by atoms with Gasteiger partial charge in [0.15, 0.2) is 0 Å². The fraction of sp³-hybridized carbons (Fsp3) is 0.0476. The number of benzene rings is 3. The van der Waals surface area contributed by atoms with Crippen LogP contribution in [0.15, 0.2) is 89.2 Å². The molecule has 4 rings (SSSR count). The number of allylic oxidation sites excluding steroid dienone is 1. The van der Waals surface area contributed by atoms with Gasteiger partial charge in [-0.1, -0.05) is 0 Å². The maximum absolute atomic E-state index is 2.36. The third-order valence-electron chi connectivity index (χ3n) is 4.43. The van der Waals surface area contributed by atoms with Gasteiger partial charge in [-0.2, -0.15) is 0 Å². The Balaban J connectivity index is 1.89. The van der Waals surface area contributed by atoms with E-state index in [1.54, 1.807) is 0 Å². The fourth-order valence-electron chi connectivity index (χ4n) is 3.43. The van der Waals surface area contributed by atoms with Gasteiger partial charge in [-0.15, -0.1) is 0 Å². The van der Waals surface area contributed by atoms with Gasteiger partial charge in [0.05, 0.1) is 0 Å². The number of hydrogen-bond donors (Lipinski definition) is 0. The van der Waals surface area contributed by atoms with Gasteiger partial charge in [0.2, 0.25) is 0 Å². The van der Waals surface area contributed by atoms with Crippen molar-refractivity contribution < 1.29 is 0 Å². The first kappa shape index (κ1) is 15.0. The standard InChI is InChI=1S/C21H16P.Li/c1-3-10-18(11-4-1)22(19-12-5-2-6-13-19)21-16-15-17-9-7-8-14-20(17)21;/h1-15,21H;. The quantitative estimate of drug-likeness (QED) is 0.497. The van der Waals surface area contributed by atoms with Crippen LogP contribution in [0.1, 0.15) is 16.8 Å². The molecule has 1 atom stereocenters. The van der Waals surface area contributed by atoms with Gasteiger partial charge in [-0.3, -0.25) is 0 Å². The molecule has 0 aliphatic heterocycles. The van der Waals surface area contributed by atoms with E-state index in [-0.39, 0.29) is 0 Å². The van der Waals surface area contributed by atoms with E-state index in [0.717, 1.165) is 0 Å². The van der Waals surface area contributed by atoms with Crippen LogP contribution in [0.3, 0.4) is 0 Å². The molecule has 3 aromatic rings. The van der Waals surface area contributed by atoms with Crippen LogP contribution in [-0.2, 0) is 0 Å². The fourth-order valence-corrected chi connectivity index (χ4v) is 6.30. The van der Waals surface area contributed by atoms with Crippen molar-refractivity contribution in [1.29, 1.82) is 0 Å². The molecule has 23 heavy (non-hydrogen) atoms. The normalized spacial score (nSPS) is 16.3. The number of fused-ring (bicyclic) bond motifs is 1. The molecule has 0 spiro atoms. The Kier molecular flexibility index (Phi) is 4.24. The Morgan fingerprint density at radius 2 is 1.17 bits per heavy atom. The van der Waals surface area contributed by atoms with E-state index in [2.05, 4.69) is 109 Å². The summed E-state index contributed by atoms with van der Waals surface area (Å²) in [5, 5.41) is 2.89. The summed E-state index contributed by atoms with van der Waals surface area (Å²) in [6.45, 7) is 0. The van der Waals surface area contributed by atoms with Gasteiger partial charge in [-0.25, -0.2) is 0 Å². The maximum atomic E-state index is 2.36. The second kappa shape index (κ2) is 6.50. The van der Waals surface area contributed by atoms with Gasteiger partial charge < -0.3 is 0 Å². The molecule has 3 aromatic carbocycles. The summed E-state index contributed by atoms with van der Waals surface area (Å²) < 4.78 is 1.48. The monoisotopic (exact) mass is 306 g/mol. The number of rotatable bonds is 3. The van der Waals surface area contributed by atoms with Gasteiger partial charge in [0, 0.05) is 0 Å². The van der Waals surface area contributed by atoms with E-state index in [9.17, 15) is 0 Å². The van der Waals surface area contributed by atoms with Gasteiger partial charge in [-0.05, 0) is 0 Å². The van der Waals surface area contributed by atoms with Crippen molar-refractivity contribution in [2.45, 2.75) is 5.66 Å². The molecule has 1 unspecified atom stereocenters. The molecule has 0 saturated heterocycles. The molecule has 0 N–H and O–H groups in total. The summed E-state index contributed by atoms with van der Waals surface area (Å²) in [7, 11) is -0.446. The molecule has 0 fully saturated rings. The molecule has 0 amide bonds. The molecule has 0 aromatic heterocycles. The number of hydrogen-bond acceptors (Lipinski definition) is 0. The van der Waals surface area contributed by atoms with E-state index in [1.165, 1.54) is 26.0 Å². The Hall–Kier alpha value is -1.57. The van der Waals surface area contributed by atoms with Crippen molar-refractivity contribution in [2.75, 3.05) is 0 Å². The Morgan fingerprint density at radius 1 is 0.652 bits per heavy atom. The topological polar surface area (TPSA) is 0 Å². The van der Waals surface area contributed by atoms with Crippen LogP contribution in [0.4, 0.5) is 0 Å². The summed E-state index contributed by atoms with van der Waals surface area (Å²) in [5.74, 6) is 0. The van der Waals surface area contributed by atoms with Gasteiger partial charge in [0.1, 0.15) is 0 Å². The first-order chi connectivity index (χ1) is 11.3. The predicted molar refractivity (Wildman–Crippen MR) is 102 cm³/mol. The first-order valence-corrected chi connectivity index (χ1v) is 9.42. The Morgan fingerprint density at radius 3 is 1.78 bits per heavy atom. The zero-order valence-corrected chi connectivity index (χ0v) is 14.1. The predicted octanol–water partition coefficient (Wildman–Crippen LogP) is 4.38.